The number of rotatable bonds is 3. The Morgan fingerprint density at radius 3 is 2.95 bits per heavy atom. The number of likely N-dealkylation sites (N-methyl/N-ethyl adjacent to an activating group) is 1. The van der Waals surface area contributed by atoms with Gasteiger partial charge in [0.15, 0.2) is 0 Å². The fourth-order valence-corrected chi connectivity index (χ4v) is 2.64. The molecular formula is C15H21N3O2. The van der Waals surface area contributed by atoms with Gasteiger partial charge in [-0.25, -0.2) is 4.79 Å². The number of anilines is 2. The Labute approximate surface area is 119 Å². The van der Waals surface area contributed by atoms with Crippen molar-refractivity contribution in [3.63, 3.8) is 0 Å². The second kappa shape index (κ2) is 4.98. The number of amides is 2. The van der Waals surface area contributed by atoms with Gasteiger partial charge in [0.05, 0.1) is 13.2 Å². The summed E-state index contributed by atoms with van der Waals surface area (Å²) in [7, 11) is 2.08. The Bertz CT molecular complexity index is 526. The molecule has 1 fully saturated rings. The van der Waals surface area contributed by atoms with E-state index in [1.54, 1.807) is 0 Å². The molecule has 2 amide bonds. The highest BCUT2D eigenvalue weighted by molar-refractivity contribution is 5.90. The van der Waals surface area contributed by atoms with Crippen molar-refractivity contribution in [1.82, 2.24) is 5.32 Å². The summed E-state index contributed by atoms with van der Waals surface area (Å²) in [5.74, 6) is 0. The number of ether oxygens (including phenoxy) is 1. The molecule has 0 aromatic heterocycles. The van der Waals surface area contributed by atoms with Crippen LogP contribution in [0.15, 0.2) is 18.2 Å². The largest absolute Gasteiger partial charge is 0.380 e. The highest BCUT2D eigenvalue weighted by Gasteiger charge is 2.33. The van der Waals surface area contributed by atoms with E-state index in [9.17, 15) is 4.79 Å². The molecule has 108 valence electrons. The molecule has 5 nitrogen and oxygen atoms in total. The fraction of sp³-hybridized carbons (Fsp3) is 0.533. The van der Waals surface area contributed by atoms with Gasteiger partial charge in [0.1, 0.15) is 0 Å². The number of carbonyl (C=O) groups is 1. The zero-order valence-corrected chi connectivity index (χ0v) is 12.0. The Balaban J connectivity index is 1.57. The van der Waals surface area contributed by atoms with E-state index in [1.165, 1.54) is 11.3 Å². The van der Waals surface area contributed by atoms with Gasteiger partial charge in [0.25, 0.3) is 0 Å². The Morgan fingerprint density at radius 2 is 2.25 bits per heavy atom. The minimum atomic E-state index is -0.154. The maximum Gasteiger partial charge on any atom is 0.319 e. The van der Waals surface area contributed by atoms with Crippen LogP contribution in [0.2, 0.25) is 0 Å². The lowest BCUT2D eigenvalue weighted by atomic mass is 9.89. The van der Waals surface area contributed by atoms with E-state index in [-0.39, 0.29) is 11.4 Å². The molecule has 1 aromatic carbocycles. The summed E-state index contributed by atoms with van der Waals surface area (Å²) < 4.78 is 5.17. The first kappa shape index (κ1) is 13.2. The van der Waals surface area contributed by atoms with E-state index in [4.69, 9.17) is 4.74 Å². The Morgan fingerprint density at radius 1 is 1.45 bits per heavy atom. The van der Waals surface area contributed by atoms with E-state index in [1.807, 2.05) is 12.1 Å². The van der Waals surface area contributed by atoms with Crippen LogP contribution in [0.25, 0.3) is 0 Å². The van der Waals surface area contributed by atoms with Crippen molar-refractivity contribution in [2.75, 3.05) is 43.6 Å². The van der Waals surface area contributed by atoms with Crippen molar-refractivity contribution in [2.24, 2.45) is 5.41 Å². The van der Waals surface area contributed by atoms with Crippen molar-refractivity contribution in [3.8, 4) is 0 Å². The molecule has 0 bridgehead atoms. The normalized spacial score (nSPS) is 19.2. The number of fused-ring (bicyclic) bond motifs is 1. The molecule has 0 atom stereocenters. The number of hydrogen-bond donors (Lipinski definition) is 2. The monoisotopic (exact) mass is 275 g/mol. The maximum atomic E-state index is 11.9. The number of carbonyl (C=O) groups excluding carboxylic acids is 1. The van der Waals surface area contributed by atoms with Gasteiger partial charge in [-0.1, -0.05) is 13.0 Å². The SMILES string of the molecule is CN1CCc2ccc(NC(=O)NCC3(C)COC3)cc21. The summed E-state index contributed by atoms with van der Waals surface area (Å²) in [6.45, 7) is 5.24. The van der Waals surface area contributed by atoms with E-state index in [2.05, 4.69) is 35.6 Å². The first-order valence-electron chi connectivity index (χ1n) is 7.02. The molecular weight excluding hydrogens is 254 g/mol. The van der Waals surface area contributed by atoms with E-state index >= 15 is 0 Å². The number of nitrogens with zero attached hydrogens (tertiary/aromatic N) is 1. The number of benzene rings is 1. The van der Waals surface area contributed by atoms with Crippen molar-refractivity contribution < 1.29 is 9.53 Å². The van der Waals surface area contributed by atoms with Crippen LogP contribution in [-0.4, -0.2) is 39.4 Å². The van der Waals surface area contributed by atoms with Crippen LogP contribution in [0.4, 0.5) is 16.2 Å². The van der Waals surface area contributed by atoms with Crippen LogP contribution in [-0.2, 0) is 11.2 Å². The molecule has 2 N–H and O–H groups in total. The molecule has 0 unspecified atom stereocenters. The van der Waals surface area contributed by atoms with E-state index < -0.39 is 0 Å². The van der Waals surface area contributed by atoms with Gasteiger partial charge in [-0.3, -0.25) is 0 Å². The lowest BCUT2D eigenvalue weighted by Crippen LogP contribution is -2.49. The lowest BCUT2D eigenvalue weighted by Gasteiger charge is -2.37. The van der Waals surface area contributed by atoms with Gasteiger partial charge < -0.3 is 20.3 Å². The predicted molar refractivity (Wildman–Crippen MR) is 79.4 cm³/mol. The van der Waals surface area contributed by atoms with Gasteiger partial charge in [-0.2, -0.15) is 0 Å². The third-order valence-corrected chi connectivity index (χ3v) is 4.05. The van der Waals surface area contributed by atoms with Crippen LogP contribution in [0, 0.1) is 5.41 Å². The summed E-state index contributed by atoms with van der Waals surface area (Å²) in [6, 6.07) is 5.94. The minimum Gasteiger partial charge on any atom is -0.380 e. The molecule has 2 aliphatic heterocycles. The minimum absolute atomic E-state index is 0.0928. The van der Waals surface area contributed by atoms with Crippen molar-refractivity contribution in [3.05, 3.63) is 23.8 Å². The molecule has 1 aromatic rings. The molecule has 0 aliphatic carbocycles. The van der Waals surface area contributed by atoms with E-state index in [0.717, 1.165) is 31.9 Å². The zero-order chi connectivity index (χ0) is 14.2. The fourth-order valence-electron chi connectivity index (χ4n) is 2.64. The first-order valence-corrected chi connectivity index (χ1v) is 7.02. The average Bonchev–Trinajstić information content (AvgIpc) is 2.76. The number of hydrogen-bond acceptors (Lipinski definition) is 3. The lowest BCUT2D eigenvalue weighted by molar-refractivity contribution is -0.0974. The molecule has 0 radical (unpaired) electrons. The van der Waals surface area contributed by atoms with Gasteiger partial charge >= 0.3 is 6.03 Å². The average molecular weight is 275 g/mol. The third-order valence-electron chi connectivity index (χ3n) is 4.05. The first-order chi connectivity index (χ1) is 9.56. The predicted octanol–water partition coefficient (Wildman–Crippen LogP) is 1.84. The maximum absolute atomic E-state index is 11.9. The topological polar surface area (TPSA) is 53.6 Å². The highest BCUT2D eigenvalue weighted by Crippen LogP contribution is 2.29. The van der Waals surface area contributed by atoms with Crippen molar-refractivity contribution in [2.45, 2.75) is 13.3 Å². The molecule has 5 heteroatoms. The Hall–Kier alpha value is -1.75. The molecule has 0 spiro atoms. The van der Waals surface area contributed by atoms with Gasteiger partial charge in [-0.15, -0.1) is 0 Å². The summed E-state index contributed by atoms with van der Waals surface area (Å²) >= 11 is 0. The number of nitrogens with one attached hydrogen (secondary N) is 2. The van der Waals surface area contributed by atoms with Gasteiger partial charge in [0, 0.05) is 36.9 Å². The highest BCUT2D eigenvalue weighted by atomic mass is 16.5. The smallest absolute Gasteiger partial charge is 0.319 e. The summed E-state index contributed by atoms with van der Waals surface area (Å²) in [6.07, 6.45) is 1.08. The summed E-state index contributed by atoms with van der Waals surface area (Å²) in [5.41, 5.74) is 3.49. The van der Waals surface area contributed by atoms with Crippen LogP contribution in [0.1, 0.15) is 12.5 Å². The third kappa shape index (κ3) is 2.58. The standard InChI is InChI=1S/C15H21N3O2/c1-15(9-20-10-15)8-16-14(19)17-12-4-3-11-5-6-18(2)13(11)7-12/h3-4,7H,5-6,8-10H2,1-2H3,(H2,16,17,19). The molecule has 3 rings (SSSR count). The summed E-state index contributed by atoms with van der Waals surface area (Å²) in [4.78, 5) is 14.1. The van der Waals surface area contributed by atoms with Crippen molar-refractivity contribution in [1.29, 1.82) is 0 Å². The van der Waals surface area contributed by atoms with Gasteiger partial charge in [-0.05, 0) is 24.1 Å². The van der Waals surface area contributed by atoms with Crippen LogP contribution in [0.5, 0.6) is 0 Å². The van der Waals surface area contributed by atoms with Crippen molar-refractivity contribution >= 4 is 17.4 Å². The second-order valence-electron chi connectivity index (χ2n) is 6.13. The molecule has 2 heterocycles. The van der Waals surface area contributed by atoms with E-state index in [0.29, 0.717) is 6.54 Å². The Kier molecular flexibility index (Phi) is 3.30. The van der Waals surface area contributed by atoms with Crippen LogP contribution in [0.3, 0.4) is 0 Å². The molecule has 0 saturated carbocycles. The number of urea groups is 1. The quantitative estimate of drug-likeness (QED) is 0.885. The van der Waals surface area contributed by atoms with Crippen LogP contribution >= 0.6 is 0 Å². The molecule has 2 aliphatic rings. The summed E-state index contributed by atoms with van der Waals surface area (Å²) in [5, 5.41) is 5.80. The second-order valence-corrected chi connectivity index (χ2v) is 6.13. The van der Waals surface area contributed by atoms with Gasteiger partial charge in [0.2, 0.25) is 0 Å². The zero-order valence-electron chi connectivity index (χ0n) is 12.0. The molecule has 1 saturated heterocycles. The van der Waals surface area contributed by atoms with Crippen LogP contribution < -0.4 is 15.5 Å². The molecule has 20 heavy (non-hydrogen) atoms.